The van der Waals surface area contributed by atoms with E-state index in [9.17, 15) is 13.2 Å². The fourth-order valence-corrected chi connectivity index (χ4v) is 4.32. The number of benzene rings is 2. The van der Waals surface area contributed by atoms with E-state index in [2.05, 4.69) is 11.3 Å². The number of hydrogen-bond donors (Lipinski definition) is 1. The third kappa shape index (κ3) is 4.06. The van der Waals surface area contributed by atoms with Crippen molar-refractivity contribution in [1.29, 1.82) is 0 Å². The van der Waals surface area contributed by atoms with Crippen LogP contribution in [-0.2, 0) is 21.4 Å². The van der Waals surface area contributed by atoms with Crippen molar-refractivity contribution in [3.63, 3.8) is 0 Å². The first-order valence-electron chi connectivity index (χ1n) is 8.88. The van der Waals surface area contributed by atoms with Crippen molar-refractivity contribution in [2.75, 3.05) is 0 Å². The summed E-state index contributed by atoms with van der Waals surface area (Å²) in [5.41, 5.74) is 0.323. The molecule has 1 aliphatic carbocycles. The third-order valence-corrected chi connectivity index (χ3v) is 6.42. The van der Waals surface area contributed by atoms with E-state index in [1.54, 1.807) is 18.2 Å². The SMILES string of the molecule is C=CC1C[C@]1(CC)C(=O)NS(=O)(=O)c1cccc(OCc2ccccc2)c1. The second kappa shape index (κ2) is 7.56. The Bertz CT molecular complexity index is 940. The first-order chi connectivity index (χ1) is 12.9. The van der Waals surface area contributed by atoms with E-state index in [-0.39, 0.29) is 10.8 Å². The molecule has 1 saturated carbocycles. The number of rotatable bonds is 8. The highest BCUT2D eigenvalue weighted by Gasteiger charge is 2.57. The van der Waals surface area contributed by atoms with E-state index >= 15 is 0 Å². The number of nitrogens with one attached hydrogen (secondary N) is 1. The summed E-state index contributed by atoms with van der Waals surface area (Å²) in [4.78, 5) is 12.5. The zero-order valence-electron chi connectivity index (χ0n) is 15.2. The van der Waals surface area contributed by atoms with Crippen LogP contribution in [0.4, 0.5) is 0 Å². The molecule has 0 spiro atoms. The molecule has 0 bridgehead atoms. The fourth-order valence-electron chi connectivity index (χ4n) is 3.23. The number of carbonyl (C=O) groups is 1. The van der Waals surface area contributed by atoms with Crippen LogP contribution in [0, 0.1) is 11.3 Å². The second-order valence-electron chi connectivity index (χ2n) is 6.74. The van der Waals surface area contributed by atoms with E-state index in [0.29, 0.717) is 25.2 Å². The van der Waals surface area contributed by atoms with E-state index in [4.69, 9.17) is 4.74 Å². The summed E-state index contributed by atoms with van der Waals surface area (Å²) >= 11 is 0. The van der Waals surface area contributed by atoms with Crippen molar-refractivity contribution >= 4 is 15.9 Å². The molecule has 1 aliphatic rings. The Hall–Kier alpha value is -2.60. The Morgan fingerprint density at radius 1 is 1.26 bits per heavy atom. The highest BCUT2D eigenvalue weighted by Crippen LogP contribution is 2.56. The van der Waals surface area contributed by atoms with Gasteiger partial charge < -0.3 is 4.74 Å². The molecule has 27 heavy (non-hydrogen) atoms. The summed E-state index contributed by atoms with van der Waals surface area (Å²) in [7, 11) is -3.96. The van der Waals surface area contributed by atoms with Gasteiger partial charge in [-0.25, -0.2) is 13.1 Å². The van der Waals surface area contributed by atoms with Crippen LogP contribution in [0.25, 0.3) is 0 Å². The zero-order chi connectivity index (χ0) is 19.5. The molecule has 0 heterocycles. The van der Waals surface area contributed by atoms with Gasteiger partial charge in [0.15, 0.2) is 0 Å². The molecule has 5 nitrogen and oxygen atoms in total. The smallest absolute Gasteiger partial charge is 0.264 e. The van der Waals surface area contributed by atoms with Gasteiger partial charge in [0.05, 0.1) is 10.3 Å². The van der Waals surface area contributed by atoms with Crippen LogP contribution < -0.4 is 9.46 Å². The molecule has 1 N–H and O–H groups in total. The van der Waals surface area contributed by atoms with Gasteiger partial charge in [-0.05, 0) is 36.5 Å². The average Bonchev–Trinajstić information content (AvgIpc) is 3.42. The van der Waals surface area contributed by atoms with Crippen LogP contribution in [0.1, 0.15) is 25.3 Å². The summed E-state index contributed by atoms with van der Waals surface area (Å²) in [6, 6.07) is 15.7. The number of ether oxygens (including phenoxy) is 1. The minimum atomic E-state index is -3.96. The number of hydrogen-bond acceptors (Lipinski definition) is 4. The maximum Gasteiger partial charge on any atom is 0.264 e. The molecule has 2 atom stereocenters. The molecule has 1 amide bonds. The number of sulfonamides is 1. The second-order valence-corrected chi connectivity index (χ2v) is 8.42. The van der Waals surface area contributed by atoms with Gasteiger partial charge in [0.2, 0.25) is 5.91 Å². The first-order valence-corrected chi connectivity index (χ1v) is 10.4. The molecule has 0 aromatic heterocycles. The minimum absolute atomic E-state index is 0.00321. The monoisotopic (exact) mass is 385 g/mol. The molecular formula is C21H23NO4S. The van der Waals surface area contributed by atoms with Crippen molar-refractivity contribution in [1.82, 2.24) is 4.72 Å². The fraction of sp³-hybridized carbons (Fsp3) is 0.286. The van der Waals surface area contributed by atoms with Crippen molar-refractivity contribution in [3.05, 3.63) is 72.8 Å². The molecule has 1 unspecified atom stereocenters. The third-order valence-electron chi connectivity index (χ3n) is 5.09. The van der Waals surface area contributed by atoms with Gasteiger partial charge in [0.25, 0.3) is 10.0 Å². The molecule has 0 saturated heterocycles. The lowest BCUT2D eigenvalue weighted by Gasteiger charge is -2.15. The van der Waals surface area contributed by atoms with Crippen LogP contribution in [0.2, 0.25) is 0 Å². The van der Waals surface area contributed by atoms with Crippen molar-refractivity contribution in [2.24, 2.45) is 11.3 Å². The molecule has 6 heteroatoms. The average molecular weight is 385 g/mol. The molecule has 142 valence electrons. The van der Waals surface area contributed by atoms with Gasteiger partial charge >= 0.3 is 0 Å². The lowest BCUT2D eigenvalue weighted by Crippen LogP contribution is -2.37. The highest BCUT2D eigenvalue weighted by molar-refractivity contribution is 7.90. The van der Waals surface area contributed by atoms with E-state index in [1.807, 2.05) is 37.3 Å². The number of carbonyl (C=O) groups excluding carboxylic acids is 1. The maximum absolute atomic E-state index is 12.6. The number of allylic oxidation sites excluding steroid dienone is 1. The molecular weight excluding hydrogens is 362 g/mol. The Morgan fingerprint density at radius 2 is 2.00 bits per heavy atom. The van der Waals surface area contributed by atoms with Gasteiger partial charge in [-0.1, -0.05) is 49.4 Å². The minimum Gasteiger partial charge on any atom is -0.489 e. The lowest BCUT2D eigenvalue weighted by molar-refractivity contribution is -0.124. The van der Waals surface area contributed by atoms with Crippen LogP contribution in [0.15, 0.2) is 72.1 Å². The Morgan fingerprint density at radius 3 is 2.63 bits per heavy atom. The lowest BCUT2D eigenvalue weighted by atomic mass is 10.00. The summed E-state index contributed by atoms with van der Waals surface area (Å²) in [6.07, 6.45) is 2.92. The highest BCUT2D eigenvalue weighted by atomic mass is 32.2. The Balaban J connectivity index is 1.71. The van der Waals surface area contributed by atoms with Gasteiger partial charge in [-0.2, -0.15) is 0 Å². The molecule has 2 aromatic rings. The van der Waals surface area contributed by atoms with Crippen LogP contribution in [-0.4, -0.2) is 14.3 Å². The predicted octanol–water partition coefficient (Wildman–Crippen LogP) is 3.67. The van der Waals surface area contributed by atoms with E-state index in [1.165, 1.54) is 12.1 Å². The van der Waals surface area contributed by atoms with Gasteiger partial charge in [0.1, 0.15) is 12.4 Å². The maximum atomic E-state index is 12.6. The standard InChI is InChI=1S/C21H23NO4S/c1-3-17-14-21(17,4-2)20(23)22-27(24,25)19-12-8-11-18(13-19)26-15-16-9-6-5-7-10-16/h3,5-13,17H,1,4,14-15H2,2H3,(H,22,23)/t17?,21-/m0/s1. The molecule has 0 aliphatic heterocycles. The molecule has 1 fully saturated rings. The van der Waals surface area contributed by atoms with Crippen molar-refractivity contribution in [2.45, 2.75) is 31.3 Å². The van der Waals surface area contributed by atoms with Crippen LogP contribution in [0.3, 0.4) is 0 Å². The van der Waals surface area contributed by atoms with Gasteiger partial charge in [-0.3, -0.25) is 4.79 Å². The Labute approximate surface area is 160 Å². The van der Waals surface area contributed by atoms with Crippen LogP contribution >= 0.6 is 0 Å². The van der Waals surface area contributed by atoms with Crippen molar-refractivity contribution < 1.29 is 17.9 Å². The van der Waals surface area contributed by atoms with E-state index < -0.39 is 21.3 Å². The van der Waals surface area contributed by atoms with Crippen molar-refractivity contribution in [3.8, 4) is 5.75 Å². The zero-order valence-corrected chi connectivity index (χ0v) is 16.0. The quantitative estimate of drug-likeness (QED) is 0.704. The molecule has 2 aromatic carbocycles. The molecule has 0 radical (unpaired) electrons. The summed E-state index contributed by atoms with van der Waals surface area (Å²) in [6.45, 7) is 5.93. The molecule has 3 rings (SSSR count). The van der Waals surface area contributed by atoms with Crippen LogP contribution in [0.5, 0.6) is 5.75 Å². The summed E-state index contributed by atoms with van der Waals surface area (Å²) in [5, 5.41) is 0. The summed E-state index contributed by atoms with van der Waals surface area (Å²) < 4.78 is 33.2. The number of amides is 1. The largest absolute Gasteiger partial charge is 0.489 e. The topological polar surface area (TPSA) is 72.5 Å². The summed E-state index contributed by atoms with van der Waals surface area (Å²) in [5.74, 6) is -0.0153. The Kier molecular flexibility index (Phi) is 5.37. The normalized spacial score (nSPS) is 21.3. The first kappa shape index (κ1) is 19.2. The predicted molar refractivity (Wildman–Crippen MR) is 104 cm³/mol. The van der Waals surface area contributed by atoms with Gasteiger partial charge in [0, 0.05) is 6.07 Å². The van der Waals surface area contributed by atoms with E-state index in [0.717, 1.165) is 5.56 Å². The van der Waals surface area contributed by atoms with Gasteiger partial charge in [-0.15, -0.1) is 6.58 Å².